The molecule has 128 valence electrons. The Bertz CT molecular complexity index is 820. The molecule has 1 unspecified atom stereocenters. The lowest BCUT2D eigenvalue weighted by atomic mass is 10.2. The summed E-state index contributed by atoms with van der Waals surface area (Å²) in [6, 6.07) is 17.1. The van der Waals surface area contributed by atoms with Crippen molar-refractivity contribution >= 4 is 40.1 Å². The van der Waals surface area contributed by atoms with Crippen molar-refractivity contribution in [2.75, 3.05) is 12.4 Å². The van der Waals surface area contributed by atoms with E-state index in [1.807, 2.05) is 61.5 Å². The van der Waals surface area contributed by atoms with E-state index in [0.717, 1.165) is 16.9 Å². The zero-order valence-electron chi connectivity index (χ0n) is 14.1. The number of amides is 2. The van der Waals surface area contributed by atoms with Gasteiger partial charge in [-0.3, -0.25) is 14.5 Å². The molecule has 3 rings (SSSR count). The monoisotopic (exact) mass is 353 g/mol. The molecule has 1 N–H and O–H groups in total. The van der Waals surface area contributed by atoms with E-state index in [2.05, 4.69) is 10.3 Å². The average Bonchev–Trinajstić information content (AvgIpc) is 2.84. The summed E-state index contributed by atoms with van der Waals surface area (Å²) in [5.74, 6) is -0.273. The zero-order chi connectivity index (χ0) is 17.8. The highest BCUT2D eigenvalue weighted by Gasteiger charge is 2.36. The third-order valence-electron chi connectivity index (χ3n) is 3.79. The van der Waals surface area contributed by atoms with Gasteiger partial charge in [0.1, 0.15) is 5.25 Å². The first kappa shape index (κ1) is 17.2. The van der Waals surface area contributed by atoms with Crippen LogP contribution >= 0.6 is 11.8 Å². The summed E-state index contributed by atoms with van der Waals surface area (Å²) in [7, 11) is 1.69. The normalized spacial score (nSPS) is 18.6. The number of benzene rings is 2. The number of hydrogen-bond donors (Lipinski definition) is 1. The topological polar surface area (TPSA) is 61.8 Å². The molecule has 0 saturated carbocycles. The maximum Gasteiger partial charge on any atom is 0.242 e. The molecule has 0 aliphatic carbocycles. The van der Waals surface area contributed by atoms with E-state index in [0.29, 0.717) is 5.17 Å². The number of nitrogens with zero attached hydrogens (tertiary/aromatic N) is 2. The minimum Gasteiger partial charge on any atom is -0.326 e. The third-order valence-corrected chi connectivity index (χ3v) is 5.02. The molecule has 2 aromatic rings. The minimum absolute atomic E-state index is 0.0981. The summed E-state index contributed by atoms with van der Waals surface area (Å²) in [6.45, 7) is 1.97. The van der Waals surface area contributed by atoms with Gasteiger partial charge < -0.3 is 5.32 Å². The lowest BCUT2D eigenvalue weighted by Gasteiger charge is -2.09. The van der Waals surface area contributed by atoms with Crippen LogP contribution in [0.2, 0.25) is 0 Å². The summed E-state index contributed by atoms with van der Waals surface area (Å²) < 4.78 is 0. The Balaban J connectivity index is 1.66. The van der Waals surface area contributed by atoms with Gasteiger partial charge in [0.25, 0.3) is 0 Å². The van der Waals surface area contributed by atoms with E-state index in [9.17, 15) is 9.59 Å². The summed E-state index contributed by atoms with van der Waals surface area (Å²) in [4.78, 5) is 30.7. The second-order valence-electron chi connectivity index (χ2n) is 5.86. The standard InChI is InChI=1S/C19H19N3O2S/c1-13-7-6-10-15(11-13)20-17(23)12-16-18(24)22(2)19(25-16)21-14-8-4-3-5-9-14/h3-11,16H,12H2,1-2H3,(H,20,23). The predicted octanol–water partition coefficient (Wildman–Crippen LogP) is 3.59. The van der Waals surface area contributed by atoms with E-state index in [1.54, 1.807) is 7.05 Å². The number of rotatable bonds is 4. The Morgan fingerprint density at radius 3 is 2.68 bits per heavy atom. The van der Waals surface area contributed by atoms with Crippen LogP contribution < -0.4 is 5.32 Å². The number of nitrogens with one attached hydrogen (secondary N) is 1. The van der Waals surface area contributed by atoms with Gasteiger partial charge >= 0.3 is 0 Å². The molecule has 1 heterocycles. The largest absolute Gasteiger partial charge is 0.326 e. The van der Waals surface area contributed by atoms with Crippen molar-refractivity contribution in [2.24, 2.45) is 4.99 Å². The maximum atomic E-state index is 12.4. The molecular weight excluding hydrogens is 334 g/mol. The highest BCUT2D eigenvalue weighted by atomic mass is 32.2. The van der Waals surface area contributed by atoms with E-state index in [1.165, 1.54) is 16.7 Å². The number of amidine groups is 1. The molecule has 1 fully saturated rings. The lowest BCUT2D eigenvalue weighted by molar-refractivity contribution is -0.127. The second-order valence-corrected chi connectivity index (χ2v) is 7.03. The van der Waals surface area contributed by atoms with Crippen LogP contribution in [-0.2, 0) is 9.59 Å². The molecule has 25 heavy (non-hydrogen) atoms. The second kappa shape index (κ2) is 7.53. The van der Waals surface area contributed by atoms with Crippen LogP contribution in [0.15, 0.2) is 59.6 Å². The van der Waals surface area contributed by atoms with Crippen LogP contribution in [0.5, 0.6) is 0 Å². The van der Waals surface area contributed by atoms with Crippen molar-refractivity contribution in [1.29, 1.82) is 0 Å². The van der Waals surface area contributed by atoms with Crippen LogP contribution in [-0.4, -0.2) is 34.2 Å². The van der Waals surface area contributed by atoms with Crippen molar-refractivity contribution in [3.8, 4) is 0 Å². The fourth-order valence-corrected chi connectivity index (χ4v) is 3.67. The van der Waals surface area contributed by atoms with E-state index in [4.69, 9.17) is 0 Å². The molecule has 1 saturated heterocycles. The summed E-state index contributed by atoms with van der Waals surface area (Å²) >= 11 is 1.33. The van der Waals surface area contributed by atoms with Crippen LogP contribution in [0.4, 0.5) is 11.4 Å². The molecular formula is C19H19N3O2S. The zero-order valence-corrected chi connectivity index (χ0v) is 14.9. The van der Waals surface area contributed by atoms with Crippen LogP contribution in [0.1, 0.15) is 12.0 Å². The molecule has 0 bridgehead atoms. The number of carbonyl (C=O) groups is 2. The first-order chi connectivity index (χ1) is 12.0. The van der Waals surface area contributed by atoms with E-state index in [-0.39, 0.29) is 18.2 Å². The number of aryl methyl sites for hydroxylation is 1. The Morgan fingerprint density at radius 1 is 1.20 bits per heavy atom. The quantitative estimate of drug-likeness (QED) is 0.914. The van der Waals surface area contributed by atoms with Gasteiger partial charge in [0.2, 0.25) is 11.8 Å². The Labute approximate surface area is 151 Å². The van der Waals surface area contributed by atoms with Crippen molar-refractivity contribution < 1.29 is 9.59 Å². The van der Waals surface area contributed by atoms with Gasteiger partial charge in [0.05, 0.1) is 5.69 Å². The number of thioether (sulfide) groups is 1. The van der Waals surface area contributed by atoms with Crippen molar-refractivity contribution in [1.82, 2.24) is 4.90 Å². The van der Waals surface area contributed by atoms with Crippen LogP contribution in [0.25, 0.3) is 0 Å². The molecule has 1 aliphatic rings. The number of aliphatic imine (C=N–C) groups is 1. The van der Waals surface area contributed by atoms with Gasteiger partial charge in [0, 0.05) is 19.2 Å². The van der Waals surface area contributed by atoms with Crippen molar-refractivity contribution in [3.63, 3.8) is 0 Å². The van der Waals surface area contributed by atoms with Gasteiger partial charge in [-0.1, -0.05) is 42.1 Å². The van der Waals surface area contributed by atoms with Crippen molar-refractivity contribution in [2.45, 2.75) is 18.6 Å². The molecule has 2 amide bonds. The fraction of sp³-hybridized carbons (Fsp3) is 0.211. The van der Waals surface area contributed by atoms with Gasteiger partial charge in [-0.15, -0.1) is 0 Å². The van der Waals surface area contributed by atoms with Gasteiger partial charge in [-0.05, 0) is 36.8 Å². The number of carbonyl (C=O) groups excluding carboxylic acids is 2. The van der Waals surface area contributed by atoms with E-state index < -0.39 is 5.25 Å². The van der Waals surface area contributed by atoms with Gasteiger partial charge in [0.15, 0.2) is 5.17 Å². The van der Waals surface area contributed by atoms with E-state index >= 15 is 0 Å². The van der Waals surface area contributed by atoms with Crippen molar-refractivity contribution in [3.05, 3.63) is 60.2 Å². The third kappa shape index (κ3) is 4.28. The van der Waals surface area contributed by atoms with Gasteiger partial charge in [-0.25, -0.2) is 4.99 Å². The molecule has 0 spiro atoms. The first-order valence-electron chi connectivity index (χ1n) is 7.97. The number of para-hydroxylation sites is 1. The lowest BCUT2D eigenvalue weighted by Crippen LogP contribution is -2.30. The smallest absolute Gasteiger partial charge is 0.242 e. The predicted molar refractivity (Wildman–Crippen MR) is 102 cm³/mol. The summed E-state index contributed by atoms with van der Waals surface area (Å²) in [5.41, 5.74) is 2.60. The molecule has 5 nitrogen and oxygen atoms in total. The average molecular weight is 353 g/mol. The van der Waals surface area contributed by atoms with Crippen LogP contribution in [0, 0.1) is 6.92 Å². The number of anilines is 1. The summed E-state index contributed by atoms with van der Waals surface area (Å²) in [5, 5.41) is 3.02. The van der Waals surface area contributed by atoms with Crippen LogP contribution in [0.3, 0.4) is 0 Å². The SMILES string of the molecule is Cc1cccc(NC(=O)CC2SC(=Nc3ccccc3)N(C)C2=O)c1. The Hall–Kier alpha value is -2.60. The summed E-state index contributed by atoms with van der Waals surface area (Å²) in [6.07, 6.45) is 0.121. The highest BCUT2D eigenvalue weighted by Crippen LogP contribution is 2.30. The molecule has 0 aromatic heterocycles. The Morgan fingerprint density at radius 2 is 1.96 bits per heavy atom. The van der Waals surface area contributed by atoms with Gasteiger partial charge in [-0.2, -0.15) is 0 Å². The fourth-order valence-electron chi connectivity index (χ4n) is 2.51. The molecule has 2 aromatic carbocycles. The number of hydrogen-bond acceptors (Lipinski definition) is 4. The molecule has 1 atom stereocenters. The maximum absolute atomic E-state index is 12.4. The molecule has 0 radical (unpaired) electrons. The minimum atomic E-state index is -0.447. The highest BCUT2D eigenvalue weighted by molar-refractivity contribution is 8.15. The molecule has 1 aliphatic heterocycles. The Kier molecular flexibility index (Phi) is 5.19. The molecule has 6 heteroatoms. The first-order valence-corrected chi connectivity index (χ1v) is 8.85.